The second-order valence-corrected chi connectivity index (χ2v) is 4.95. The molecule has 0 amide bonds. The average molecular weight is 254 g/mol. The molecule has 0 spiro atoms. The molecule has 0 radical (unpaired) electrons. The molecule has 0 aromatic rings. The lowest BCUT2D eigenvalue weighted by Gasteiger charge is -2.29. The molecule has 2 heteroatoms. The van der Waals surface area contributed by atoms with Gasteiger partial charge in [0.15, 0.2) is 0 Å². The van der Waals surface area contributed by atoms with Gasteiger partial charge in [-0.2, -0.15) is 0 Å². The van der Waals surface area contributed by atoms with Crippen LogP contribution in [0.15, 0.2) is 17.1 Å². The molecule has 1 heterocycles. The molecule has 1 N–H and O–H groups in total. The Balaban J connectivity index is 0. The van der Waals surface area contributed by atoms with Gasteiger partial charge in [0.05, 0.1) is 0 Å². The molecule has 2 atom stereocenters. The highest BCUT2D eigenvalue weighted by Crippen LogP contribution is 2.17. The van der Waals surface area contributed by atoms with E-state index in [4.69, 9.17) is 0 Å². The van der Waals surface area contributed by atoms with Gasteiger partial charge in [-0.3, -0.25) is 4.99 Å². The SMILES string of the molecule is C/C=C\C(=NCC)C(C)C1CCCCN1.CCC.[HH]. The summed E-state index contributed by atoms with van der Waals surface area (Å²) in [7, 11) is 0. The number of aliphatic imine (C=N–C) groups is 1. The van der Waals surface area contributed by atoms with Gasteiger partial charge in [0.2, 0.25) is 0 Å². The maximum atomic E-state index is 4.58. The van der Waals surface area contributed by atoms with E-state index < -0.39 is 0 Å². The number of rotatable bonds is 4. The van der Waals surface area contributed by atoms with Crippen molar-refractivity contribution in [3.63, 3.8) is 0 Å². The van der Waals surface area contributed by atoms with Gasteiger partial charge in [-0.25, -0.2) is 0 Å². The molecular formula is C16H34N2. The summed E-state index contributed by atoms with van der Waals surface area (Å²) in [5.74, 6) is 0.543. The topological polar surface area (TPSA) is 24.4 Å². The number of nitrogens with one attached hydrogen (secondary N) is 1. The standard InChI is InChI=1S/C13H24N2.C3H8.H2/c1-4-8-12(14-5-2)11(3)13-9-6-7-10-15-13;1-3-2;/h4,8,11,13,15H,5-7,9-10H2,1-3H3;3H2,1-2H3;1H/b8-4-,14-12?;;. The fraction of sp³-hybridized carbons (Fsp3) is 0.812. The Hall–Kier alpha value is -0.630. The first-order chi connectivity index (χ1) is 8.71. The maximum absolute atomic E-state index is 4.58. The fourth-order valence-electron chi connectivity index (χ4n) is 2.21. The lowest BCUT2D eigenvalue weighted by molar-refractivity contribution is 0.358. The highest BCUT2D eigenvalue weighted by molar-refractivity contribution is 5.97. The number of nitrogens with zero attached hydrogens (tertiary/aromatic N) is 1. The van der Waals surface area contributed by atoms with E-state index >= 15 is 0 Å². The first kappa shape index (κ1) is 17.4. The van der Waals surface area contributed by atoms with Gasteiger partial charge in [-0.1, -0.05) is 39.7 Å². The van der Waals surface area contributed by atoms with Crippen LogP contribution in [0.1, 0.15) is 61.7 Å². The summed E-state index contributed by atoms with van der Waals surface area (Å²) < 4.78 is 0. The summed E-state index contributed by atoms with van der Waals surface area (Å²) in [4.78, 5) is 4.58. The third-order valence-electron chi connectivity index (χ3n) is 3.10. The van der Waals surface area contributed by atoms with E-state index in [1.165, 1.54) is 37.9 Å². The predicted octanol–water partition coefficient (Wildman–Crippen LogP) is 4.46. The van der Waals surface area contributed by atoms with Gasteiger partial charge >= 0.3 is 0 Å². The third-order valence-corrected chi connectivity index (χ3v) is 3.10. The Morgan fingerprint density at radius 3 is 2.50 bits per heavy atom. The summed E-state index contributed by atoms with van der Waals surface area (Å²) in [6.07, 6.45) is 9.48. The van der Waals surface area contributed by atoms with Crippen LogP contribution in [0.2, 0.25) is 0 Å². The Morgan fingerprint density at radius 1 is 1.39 bits per heavy atom. The van der Waals surface area contributed by atoms with Crippen LogP contribution in [0, 0.1) is 5.92 Å². The highest BCUT2D eigenvalue weighted by atomic mass is 14.9. The lowest BCUT2D eigenvalue weighted by Crippen LogP contribution is -2.41. The Kier molecular flexibility index (Phi) is 11.1. The second-order valence-electron chi connectivity index (χ2n) is 4.95. The Bertz CT molecular complexity index is 243. The molecular weight excluding hydrogens is 220 g/mol. The minimum Gasteiger partial charge on any atom is -0.313 e. The molecule has 1 aliphatic rings. The summed E-state index contributed by atoms with van der Waals surface area (Å²) in [6, 6.07) is 0.625. The number of piperidine rings is 1. The predicted molar refractivity (Wildman–Crippen MR) is 85.7 cm³/mol. The molecule has 2 nitrogen and oxygen atoms in total. The highest BCUT2D eigenvalue weighted by Gasteiger charge is 2.21. The quantitative estimate of drug-likeness (QED) is 0.736. The molecule has 0 aliphatic carbocycles. The number of allylic oxidation sites excluding steroid dienone is 2. The molecule has 0 aromatic heterocycles. The van der Waals surface area contributed by atoms with Crippen LogP contribution in [0.25, 0.3) is 0 Å². The van der Waals surface area contributed by atoms with Crippen molar-refractivity contribution in [2.45, 2.75) is 66.3 Å². The smallest absolute Gasteiger partial charge is 0.0388 e. The minimum absolute atomic E-state index is 0. The van der Waals surface area contributed by atoms with Crippen LogP contribution in [0.4, 0.5) is 0 Å². The summed E-state index contributed by atoms with van der Waals surface area (Å²) in [5.41, 5.74) is 1.25. The monoisotopic (exact) mass is 254 g/mol. The van der Waals surface area contributed by atoms with Crippen molar-refractivity contribution in [3.8, 4) is 0 Å². The molecule has 0 bridgehead atoms. The van der Waals surface area contributed by atoms with Crippen LogP contribution in [0.3, 0.4) is 0 Å². The van der Waals surface area contributed by atoms with E-state index in [2.05, 4.69) is 57.1 Å². The van der Waals surface area contributed by atoms with E-state index in [0.29, 0.717) is 12.0 Å². The largest absolute Gasteiger partial charge is 0.313 e. The second kappa shape index (κ2) is 11.5. The van der Waals surface area contributed by atoms with Crippen LogP contribution in [-0.2, 0) is 0 Å². The normalized spacial score (nSPS) is 22.5. The van der Waals surface area contributed by atoms with Crippen molar-refractivity contribution >= 4 is 5.71 Å². The minimum atomic E-state index is 0. The summed E-state index contributed by atoms with van der Waals surface area (Å²) >= 11 is 0. The van der Waals surface area contributed by atoms with Crippen molar-refractivity contribution < 1.29 is 1.43 Å². The molecule has 0 saturated carbocycles. The van der Waals surface area contributed by atoms with E-state index in [-0.39, 0.29) is 1.43 Å². The van der Waals surface area contributed by atoms with Crippen molar-refractivity contribution in [1.29, 1.82) is 0 Å². The Morgan fingerprint density at radius 2 is 2.06 bits per heavy atom. The van der Waals surface area contributed by atoms with Crippen LogP contribution in [0.5, 0.6) is 0 Å². The molecule has 18 heavy (non-hydrogen) atoms. The molecule has 1 saturated heterocycles. The van der Waals surface area contributed by atoms with Crippen molar-refractivity contribution in [2.75, 3.05) is 13.1 Å². The van der Waals surface area contributed by atoms with Crippen molar-refractivity contribution in [2.24, 2.45) is 10.9 Å². The zero-order valence-corrected chi connectivity index (χ0v) is 13.0. The Labute approximate surface area is 115 Å². The van der Waals surface area contributed by atoms with Crippen molar-refractivity contribution in [1.82, 2.24) is 5.32 Å². The summed E-state index contributed by atoms with van der Waals surface area (Å²) in [5, 5.41) is 3.60. The first-order valence-electron chi connectivity index (χ1n) is 7.61. The zero-order chi connectivity index (χ0) is 13.8. The number of hydrogen-bond donors (Lipinski definition) is 1. The zero-order valence-electron chi connectivity index (χ0n) is 13.0. The number of hydrogen-bond acceptors (Lipinski definition) is 2. The molecule has 0 aromatic carbocycles. The van der Waals surface area contributed by atoms with E-state index in [9.17, 15) is 0 Å². The molecule has 1 fully saturated rings. The molecule has 1 rings (SSSR count). The van der Waals surface area contributed by atoms with Crippen LogP contribution in [-0.4, -0.2) is 24.8 Å². The van der Waals surface area contributed by atoms with Crippen LogP contribution >= 0.6 is 0 Å². The fourth-order valence-corrected chi connectivity index (χ4v) is 2.21. The van der Waals surface area contributed by atoms with Gasteiger partial charge in [0, 0.05) is 25.6 Å². The van der Waals surface area contributed by atoms with Gasteiger partial charge in [0.1, 0.15) is 0 Å². The van der Waals surface area contributed by atoms with Gasteiger partial charge in [-0.05, 0) is 39.3 Å². The molecule has 2 unspecified atom stereocenters. The molecule has 108 valence electrons. The van der Waals surface area contributed by atoms with Crippen LogP contribution < -0.4 is 5.32 Å². The van der Waals surface area contributed by atoms with Gasteiger partial charge in [-0.15, -0.1) is 0 Å². The van der Waals surface area contributed by atoms with E-state index in [1.54, 1.807) is 0 Å². The van der Waals surface area contributed by atoms with Gasteiger partial charge in [0.25, 0.3) is 0 Å². The van der Waals surface area contributed by atoms with Gasteiger partial charge < -0.3 is 5.32 Å². The summed E-state index contributed by atoms with van der Waals surface area (Å²) in [6.45, 7) is 12.8. The molecule has 1 aliphatic heterocycles. The van der Waals surface area contributed by atoms with E-state index in [1.807, 2.05) is 0 Å². The third kappa shape index (κ3) is 6.95. The van der Waals surface area contributed by atoms with E-state index in [0.717, 1.165) is 6.54 Å². The average Bonchev–Trinajstić information content (AvgIpc) is 2.40. The maximum Gasteiger partial charge on any atom is 0.0388 e. The van der Waals surface area contributed by atoms with Crippen molar-refractivity contribution in [3.05, 3.63) is 12.2 Å². The first-order valence-corrected chi connectivity index (χ1v) is 7.61. The lowest BCUT2D eigenvalue weighted by atomic mass is 9.89.